The lowest BCUT2D eigenvalue weighted by Crippen LogP contribution is -2.43. The Morgan fingerprint density at radius 1 is 1.28 bits per heavy atom. The van der Waals surface area contributed by atoms with Gasteiger partial charge in [0.2, 0.25) is 0 Å². The van der Waals surface area contributed by atoms with Gasteiger partial charge in [-0.05, 0) is 26.0 Å². The number of nitrogens with zero attached hydrogens (tertiary/aromatic N) is 2. The van der Waals surface area contributed by atoms with Crippen molar-refractivity contribution >= 4 is 16.9 Å². The Labute approximate surface area is 144 Å². The fraction of sp³-hybridized carbons (Fsp3) is 0.333. The van der Waals surface area contributed by atoms with E-state index in [1.165, 1.54) is 6.26 Å². The lowest BCUT2D eigenvalue weighted by atomic mass is 9.92. The van der Waals surface area contributed by atoms with E-state index in [9.17, 15) is 19.9 Å². The summed E-state index contributed by atoms with van der Waals surface area (Å²) in [6.45, 7) is 3.58. The van der Waals surface area contributed by atoms with Gasteiger partial charge in [-0.3, -0.25) is 14.8 Å². The number of carboxylic acid groups (broad SMARTS) is 1. The van der Waals surface area contributed by atoms with Crippen molar-refractivity contribution in [2.45, 2.75) is 32.4 Å². The van der Waals surface area contributed by atoms with Crippen molar-refractivity contribution in [3.05, 3.63) is 57.7 Å². The van der Waals surface area contributed by atoms with Crippen LogP contribution in [-0.4, -0.2) is 39.5 Å². The van der Waals surface area contributed by atoms with Crippen LogP contribution in [0.4, 0.5) is 0 Å². The third-order valence-corrected chi connectivity index (χ3v) is 4.90. The number of allylic oxidation sites excluding steroid dienone is 2. The van der Waals surface area contributed by atoms with Crippen molar-refractivity contribution in [3.63, 3.8) is 0 Å². The first-order valence-electron chi connectivity index (χ1n) is 7.93. The third kappa shape index (κ3) is 2.76. The van der Waals surface area contributed by atoms with Gasteiger partial charge in [-0.15, -0.1) is 0 Å². The highest BCUT2D eigenvalue weighted by atomic mass is 16.5. The van der Waals surface area contributed by atoms with Gasteiger partial charge in [-0.1, -0.05) is 12.1 Å². The topological polar surface area (TPSA) is 94.2 Å². The minimum Gasteiger partial charge on any atom is -0.481 e. The molecule has 3 rings (SSSR count). The van der Waals surface area contributed by atoms with E-state index >= 15 is 0 Å². The largest absolute Gasteiger partial charge is 0.481 e. The number of hydrogen-bond donors (Lipinski definition) is 2. The molecule has 25 heavy (non-hydrogen) atoms. The van der Waals surface area contributed by atoms with E-state index in [1.807, 2.05) is 6.92 Å². The quantitative estimate of drug-likeness (QED) is 0.880. The normalized spacial score (nSPS) is 19.0. The van der Waals surface area contributed by atoms with Crippen LogP contribution in [0.2, 0.25) is 0 Å². The van der Waals surface area contributed by atoms with E-state index in [1.54, 1.807) is 43.1 Å². The van der Waals surface area contributed by atoms with Crippen molar-refractivity contribution in [1.29, 1.82) is 0 Å². The number of carboxylic acids is 1. The van der Waals surface area contributed by atoms with Gasteiger partial charge >= 0.3 is 5.97 Å². The zero-order chi connectivity index (χ0) is 18.3. The van der Waals surface area contributed by atoms with Gasteiger partial charge < -0.3 is 14.4 Å². The van der Waals surface area contributed by atoms with Crippen LogP contribution in [0.3, 0.4) is 0 Å². The predicted molar refractivity (Wildman–Crippen MR) is 91.0 cm³/mol. The van der Waals surface area contributed by atoms with E-state index in [2.05, 4.69) is 0 Å². The number of likely N-dealkylation sites (N-methyl/N-ethyl adjacent to an activating group) is 1. The van der Waals surface area contributed by atoms with E-state index in [0.717, 1.165) is 10.8 Å². The summed E-state index contributed by atoms with van der Waals surface area (Å²) >= 11 is 0. The van der Waals surface area contributed by atoms with Crippen LogP contribution in [0.1, 0.15) is 31.7 Å². The molecular weight excluding hydrogens is 324 g/mol. The van der Waals surface area contributed by atoms with Crippen LogP contribution in [-0.2, 0) is 4.79 Å². The number of benzene rings is 1. The van der Waals surface area contributed by atoms with Crippen LogP contribution in [0, 0.1) is 0 Å². The minimum absolute atomic E-state index is 0.236. The molecule has 1 aliphatic heterocycles. The number of hydroxylamine groups is 2. The number of para-hydroxylation sites is 1. The Kier molecular flexibility index (Phi) is 4.26. The van der Waals surface area contributed by atoms with E-state index in [0.29, 0.717) is 16.7 Å². The highest BCUT2D eigenvalue weighted by Gasteiger charge is 2.40. The molecule has 0 fully saturated rings. The maximum Gasteiger partial charge on any atom is 0.304 e. The molecule has 0 radical (unpaired) electrons. The third-order valence-electron chi connectivity index (χ3n) is 4.90. The Morgan fingerprint density at radius 3 is 2.56 bits per heavy atom. The molecule has 0 spiro atoms. The Balaban J connectivity index is 2.14. The number of fused-ring (bicyclic) bond motifs is 1. The van der Waals surface area contributed by atoms with Crippen LogP contribution in [0.25, 0.3) is 11.0 Å². The molecule has 1 aromatic carbocycles. The summed E-state index contributed by atoms with van der Waals surface area (Å²) in [5.74, 6) is -1.82. The summed E-state index contributed by atoms with van der Waals surface area (Å²) < 4.78 is 5.54. The average molecular weight is 344 g/mol. The second kappa shape index (κ2) is 6.25. The molecule has 2 heterocycles. The lowest BCUT2D eigenvalue weighted by Gasteiger charge is -2.33. The molecular formula is C18H20N2O5. The van der Waals surface area contributed by atoms with Crippen molar-refractivity contribution in [2.24, 2.45) is 0 Å². The molecule has 7 nitrogen and oxygen atoms in total. The molecule has 2 N–H and O–H groups in total. The van der Waals surface area contributed by atoms with Crippen molar-refractivity contribution in [1.82, 2.24) is 9.96 Å². The summed E-state index contributed by atoms with van der Waals surface area (Å²) in [6, 6.07) is 6.82. The van der Waals surface area contributed by atoms with Crippen molar-refractivity contribution < 1.29 is 19.5 Å². The van der Waals surface area contributed by atoms with E-state index in [-0.39, 0.29) is 17.4 Å². The van der Waals surface area contributed by atoms with Crippen LogP contribution >= 0.6 is 0 Å². The molecule has 1 aromatic heterocycles. The molecule has 7 heteroatoms. The first kappa shape index (κ1) is 17.0. The lowest BCUT2D eigenvalue weighted by molar-refractivity contribution is -0.143. The molecule has 132 valence electrons. The monoisotopic (exact) mass is 344 g/mol. The average Bonchev–Trinajstić information content (AvgIpc) is 2.77. The molecule has 0 bridgehead atoms. The summed E-state index contributed by atoms with van der Waals surface area (Å²) in [4.78, 5) is 26.1. The zero-order valence-electron chi connectivity index (χ0n) is 14.3. The summed E-state index contributed by atoms with van der Waals surface area (Å²) in [5.41, 5.74) is 1.83. The SMILES string of the molecule is CC1=C(C)N(O)C(C(CC(=O)O)c2coc3ccccc3c2=O)N1C. The number of hydrogen-bond acceptors (Lipinski definition) is 6. The Bertz CT molecular complexity index is 899. The molecule has 2 atom stereocenters. The number of aliphatic carboxylic acids is 1. The van der Waals surface area contributed by atoms with Crippen molar-refractivity contribution in [2.75, 3.05) is 7.05 Å². The maximum absolute atomic E-state index is 12.9. The first-order chi connectivity index (χ1) is 11.8. The summed E-state index contributed by atoms with van der Waals surface area (Å²) in [5, 5.41) is 21.2. The molecule has 0 saturated heterocycles. The van der Waals surface area contributed by atoms with Crippen LogP contribution in [0.5, 0.6) is 0 Å². The zero-order valence-corrected chi connectivity index (χ0v) is 14.3. The molecule has 1 aliphatic rings. The Hall–Kier alpha value is -2.80. The molecule has 0 aliphatic carbocycles. The molecule has 2 unspecified atom stereocenters. The van der Waals surface area contributed by atoms with Crippen LogP contribution in [0.15, 0.2) is 51.1 Å². The molecule has 2 aromatic rings. The maximum atomic E-state index is 12.9. The highest BCUT2D eigenvalue weighted by Crippen LogP contribution is 2.36. The number of rotatable bonds is 4. The van der Waals surface area contributed by atoms with Gasteiger partial charge in [-0.25, -0.2) is 5.06 Å². The second-order valence-electron chi connectivity index (χ2n) is 6.26. The van der Waals surface area contributed by atoms with Gasteiger partial charge in [0.1, 0.15) is 11.7 Å². The molecule has 0 amide bonds. The standard InChI is InChI=1S/C18H20N2O5/c1-10-11(2)20(24)18(19(10)3)13(8-16(21)22)14-9-25-15-7-5-4-6-12(15)17(14)23/h4-7,9,13,18,24H,8H2,1-3H3,(H,21,22). The minimum atomic E-state index is -1.05. The molecule has 0 saturated carbocycles. The van der Waals surface area contributed by atoms with Gasteiger partial charge in [0.15, 0.2) is 5.43 Å². The van der Waals surface area contributed by atoms with E-state index in [4.69, 9.17) is 4.42 Å². The second-order valence-corrected chi connectivity index (χ2v) is 6.26. The smallest absolute Gasteiger partial charge is 0.304 e. The van der Waals surface area contributed by atoms with Gasteiger partial charge in [0.25, 0.3) is 0 Å². The summed E-state index contributed by atoms with van der Waals surface area (Å²) in [7, 11) is 1.76. The highest BCUT2D eigenvalue weighted by molar-refractivity contribution is 5.77. The van der Waals surface area contributed by atoms with Gasteiger partial charge in [0, 0.05) is 24.2 Å². The fourth-order valence-electron chi connectivity index (χ4n) is 3.34. The number of carbonyl (C=O) groups is 1. The first-order valence-corrected chi connectivity index (χ1v) is 7.93. The summed E-state index contributed by atoms with van der Waals surface area (Å²) in [6.07, 6.45) is 0.304. The van der Waals surface area contributed by atoms with Crippen molar-refractivity contribution in [3.8, 4) is 0 Å². The van der Waals surface area contributed by atoms with Gasteiger partial charge in [-0.2, -0.15) is 0 Å². The predicted octanol–water partition coefficient (Wildman–Crippen LogP) is 2.57. The Morgan fingerprint density at radius 2 is 1.96 bits per heavy atom. The van der Waals surface area contributed by atoms with Gasteiger partial charge in [0.05, 0.1) is 23.8 Å². The van der Waals surface area contributed by atoms with E-state index < -0.39 is 18.1 Å². The fourth-order valence-corrected chi connectivity index (χ4v) is 3.34. The van der Waals surface area contributed by atoms with Crippen LogP contribution < -0.4 is 5.43 Å².